The van der Waals surface area contributed by atoms with Gasteiger partial charge in [-0.25, -0.2) is 0 Å². The van der Waals surface area contributed by atoms with Crippen LogP contribution in [0.5, 0.6) is 5.75 Å². The molecule has 0 spiro atoms. The fourth-order valence-electron chi connectivity index (χ4n) is 2.94. The summed E-state index contributed by atoms with van der Waals surface area (Å²) in [6, 6.07) is 18.6. The minimum Gasteiger partial charge on any atom is -0.484 e. The zero-order valence-corrected chi connectivity index (χ0v) is 17.0. The second-order valence-electron chi connectivity index (χ2n) is 6.49. The molecule has 4 rings (SSSR count). The van der Waals surface area contributed by atoms with Crippen LogP contribution in [-0.2, 0) is 4.79 Å². The molecule has 30 heavy (non-hydrogen) atoms. The quantitative estimate of drug-likeness (QED) is 0.427. The van der Waals surface area contributed by atoms with Crippen LogP contribution in [0.15, 0.2) is 82.2 Å². The van der Waals surface area contributed by atoms with Gasteiger partial charge in [0.05, 0.1) is 10.9 Å². The number of hydrogen-bond donors (Lipinski definition) is 1. The Morgan fingerprint density at radius 1 is 0.967 bits per heavy atom. The molecule has 3 aromatic carbocycles. The van der Waals surface area contributed by atoms with Crippen molar-refractivity contribution in [2.24, 2.45) is 0 Å². The summed E-state index contributed by atoms with van der Waals surface area (Å²) in [5.74, 6) is 0.0723. The number of anilines is 1. The predicted molar refractivity (Wildman–Crippen MR) is 119 cm³/mol. The van der Waals surface area contributed by atoms with Gasteiger partial charge in [0, 0.05) is 21.8 Å². The fraction of sp³-hybridized carbons (Fsp3) is 0.0435. The van der Waals surface area contributed by atoms with Gasteiger partial charge in [-0.05, 0) is 48.0 Å². The highest BCUT2D eigenvalue weighted by molar-refractivity contribution is 6.31. The third kappa shape index (κ3) is 4.48. The molecular formula is C23H15Cl2NO4. The van der Waals surface area contributed by atoms with Crippen LogP contribution < -0.4 is 15.5 Å². The zero-order chi connectivity index (χ0) is 21.1. The largest absolute Gasteiger partial charge is 0.484 e. The molecule has 7 heteroatoms. The van der Waals surface area contributed by atoms with Gasteiger partial charge >= 0.3 is 0 Å². The first-order chi connectivity index (χ1) is 14.5. The van der Waals surface area contributed by atoms with Crippen molar-refractivity contribution >= 4 is 45.8 Å². The van der Waals surface area contributed by atoms with E-state index < -0.39 is 0 Å². The molecule has 0 atom stereocenters. The molecule has 0 radical (unpaired) electrons. The Morgan fingerprint density at radius 3 is 2.53 bits per heavy atom. The van der Waals surface area contributed by atoms with Crippen LogP contribution in [-0.4, -0.2) is 12.5 Å². The van der Waals surface area contributed by atoms with Crippen molar-refractivity contribution in [3.05, 3.63) is 93.3 Å². The highest BCUT2D eigenvalue weighted by Gasteiger charge is 2.11. The average Bonchev–Trinajstić information content (AvgIpc) is 2.73. The Morgan fingerprint density at radius 2 is 1.77 bits per heavy atom. The summed E-state index contributed by atoms with van der Waals surface area (Å²) in [5.41, 5.74) is 1.94. The minimum atomic E-state index is -0.336. The molecule has 4 aromatic rings. The number of halogens is 2. The van der Waals surface area contributed by atoms with Gasteiger partial charge in [0.2, 0.25) is 0 Å². The standard InChI is InChI=1S/C23H15Cl2NO4/c24-15-6-4-14(5-7-15)20-12-30-21-11-18(8-9-19(21)23(20)28)29-13-22(27)26-17-3-1-2-16(25)10-17/h1-12H,13H2,(H,26,27). The zero-order valence-electron chi connectivity index (χ0n) is 15.5. The molecule has 1 N–H and O–H groups in total. The molecule has 0 aliphatic rings. The Kier molecular flexibility index (Phi) is 5.74. The van der Waals surface area contributed by atoms with Crippen LogP contribution in [0, 0.1) is 0 Å². The van der Waals surface area contributed by atoms with Gasteiger partial charge in [0.15, 0.2) is 12.0 Å². The number of carbonyl (C=O) groups is 1. The molecule has 0 unspecified atom stereocenters. The molecule has 1 amide bonds. The molecule has 0 saturated heterocycles. The molecule has 0 fully saturated rings. The molecule has 0 saturated carbocycles. The lowest BCUT2D eigenvalue weighted by Crippen LogP contribution is -2.20. The third-order valence-electron chi connectivity index (χ3n) is 4.38. The summed E-state index contributed by atoms with van der Waals surface area (Å²) < 4.78 is 11.2. The van der Waals surface area contributed by atoms with E-state index in [0.717, 1.165) is 0 Å². The maximum Gasteiger partial charge on any atom is 0.262 e. The van der Waals surface area contributed by atoms with Crippen LogP contribution in [0.2, 0.25) is 10.0 Å². The Hall–Kier alpha value is -3.28. The van der Waals surface area contributed by atoms with E-state index >= 15 is 0 Å². The van der Waals surface area contributed by atoms with E-state index in [9.17, 15) is 9.59 Å². The Labute approximate surface area is 181 Å². The van der Waals surface area contributed by atoms with Gasteiger partial charge in [0.1, 0.15) is 17.6 Å². The Bertz CT molecular complexity index is 1280. The first-order valence-corrected chi connectivity index (χ1v) is 9.75. The van der Waals surface area contributed by atoms with E-state index in [1.165, 1.54) is 6.26 Å². The highest BCUT2D eigenvalue weighted by atomic mass is 35.5. The first kappa shape index (κ1) is 20.0. The van der Waals surface area contributed by atoms with Gasteiger partial charge in [-0.2, -0.15) is 0 Å². The third-order valence-corrected chi connectivity index (χ3v) is 4.87. The van der Waals surface area contributed by atoms with Gasteiger partial charge in [0.25, 0.3) is 5.91 Å². The second kappa shape index (κ2) is 8.61. The fourth-order valence-corrected chi connectivity index (χ4v) is 3.26. The van der Waals surface area contributed by atoms with E-state index in [1.54, 1.807) is 66.7 Å². The number of carbonyl (C=O) groups excluding carboxylic acids is 1. The number of fused-ring (bicyclic) bond motifs is 1. The van der Waals surface area contributed by atoms with Gasteiger partial charge in [-0.15, -0.1) is 0 Å². The summed E-state index contributed by atoms with van der Waals surface area (Å²) in [4.78, 5) is 24.9. The number of hydrogen-bond acceptors (Lipinski definition) is 4. The van der Waals surface area contributed by atoms with Crippen LogP contribution in [0.4, 0.5) is 5.69 Å². The summed E-state index contributed by atoms with van der Waals surface area (Å²) in [5, 5.41) is 4.22. The smallest absolute Gasteiger partial charge is 0.262 e. The minimum absolute atomic E-state index is 0.163. The number of amides is 1. The van der Waals surface area contributed by atoms with Gasteiger partial charge in [-0.1, -0.05) is 41.4 Å². The van der Waals surface area contributed by atoms with E-state index in [4.69, 9.17) is 32.4 Å². The molecular weight excluding hydrogens is 425 g/mol. The van der Waals surface area contributed by atoms with E-state index in [-0.39, 0.29) is 17.9 Å². The maximum atomic E-state index is 12.8. The van der Waals surface area contributed by atoms with Crippen molar-refractivity contribution in [1.29, 1.82) is 0 Å². The number of benzene rings is 3. The van der Waals surface area contributed by atoms with E-state index in [1.807, 2.05) is 0 Å². The molecule has 1 aromatic heterocycles. The summed E-state index contributed by atoms with van der Waals surface area (Å²) in [7, 11) is 0. The van der Waals surface area contributed by atoms with Gasteiger partial charge in [-0.3, -0.25) is 9.59 Å². The van der Waals surface area contributed by atoms with Crippen molar-refractivity contribution in [3.8, 4) is 16.9 Å². The summed E-state index contributed by atoms with van der Waals surface area (Å²) in [6.07, 6.45) is 1.41. The van der Waals surface area contributed by atoms with Crippen LogP contribution >= 0.6 is 23.2 Å². The van der Waals surface area contributed by atoms with Gasteiger partial charge < -0.3 is 14.5 Å². The van der Waals surface area contributed by atoms with Crippen LogP contribution in [0.1, 0.15) is 0 Å². The SMILES string of the molecule is O=C(COc1ccc2c(=O)c(-c3ccc(Cl)cc3)coc2c1)Nc1cccc(Cl)c1. The highest BCUT2D eigenvalue weighted by Crippen LogP contribution is 2.24. The monoisotopic (exact) mass is 439 g/mol. The summed E-state index contributed by atoms with van der Waals surface area (Å²) >= 11 is 11.8. The average molecular weight is 440 g/mol. The molecule has 5 nitrogen and oxygen atoms in total. The molecule has 0 bridgehead atoms. The van der Waals surface area contributed by atoms with E-state index in [0.29, 0.717) is 43.6 Å². The Balaban J connectivity index is 1.49. The lowest BCUT2D eigenvalue weighted by Gasteiger charge is -2.09. The van der Waals surface area contributed by atoms with Crippen molar-refractivity contribution in [2.45, 2.75) is 0 Å². The van der Waals surface area contributed by atoms with Crippen molar-refractivity contribution < 1.29 is 13.9 Å². The normalized spacial score (nSPS) is 10.7. The lowest BCUT2D eigenvalue weighted by atomic mass is 10.1. The molecule has 1 heterocycles. The number of rotatable bonds is 5. The van der Waals surface area contributed by atoms with E-state index in [2.05, 4.69) is 5.32 Å². The van der Waals surface area contributed by atoms with Crippen LogP contribution in [0.25, 0.3) is 22.1 Å². The molecule has 150 valence electrons. The van der Waals surface area contributed by atoms with Crippen molar-refractivity contribution in [1.82, 2.24) is 0 Å². The lowest BCUT2D eigenvalue weighted by molar-refractivity contribution is -0.118. The summed E-state index contributed by atoms with van der Waals surface area (Å²) in [6.45, 7) is -0.203. The van der Waals surface area contributed by atoms with Crippen LogP contribution in [0.3, 0.4) is 0 Å². The maximum absolute atomic E-state index is 12.8. The second-order valence-corrected chi connectivity index (χ2v) is 7.36. The predicted octanol–water partition coefficient (Wildman–Crippen LogP) is 5.78. The first-order valence-electron chi connectivity index (χ1n) is 8.99. The van der Waals surface area contributed by atoms with Crippen molar-refractivity contribution in [3.63, 3.8) is 0 Å². The molecule has 0 aliphatic carbocycles. The molecule has 0 aliphatic heterocycles. The van der Waals surface area contributed by atoms with Crippen molar-refractivity contribution in [2.75, 3.05) is 11.9 Å². The number of ether oxygens (including phenoxy) is 1. The number of nitrogens with one attached hydrogen (secondary N) is 1. The topological polar surface area (TPSA) is 68.5 Å².